The predicted octanol–water partition coefficient (Wildman–Crippen LogP) is 1.48. The van der Waals surface area contributed by atoms with E-state index >= 15 is 0 Å². The van der Waals surface area contributed by atoms with Crippen LogP contribution in [0.2, 0.25) is 0 Å². The van der Waals surface area contributed by atoms with Crippen molar-refractivity contribution in [1.82, 2.24) is 9.88 Å². The molecule has 2 rings (SSSR count). The zero-order valence-corrected chi connectivity index (χ0v) is 14.3. The number of ether oxygens (including phenoxy) is 1. The van der Waals surface area contributed by atoms with E-state index < -0.39 is 16.6 Å². The molecule has 25 heavy (non-hydrogen) atoms. The first-order chi connectivity index (χ1) is 11.8. The van der Waals surface area contributed by atoms with Crippen molar-refractivity contribution in [1.29, 1.82) is 0 Å². The summed E-state index contributed by atoms with van der Waals surface area (Å²) < 4.78 is 42.4. The highest BCUT2D eigenvalue weighted by Crippen LogP contribution is 2.22. The molecule has 0 unspecified atom stereocenters. The number of likely N-dealkylation sites (tertiary alicyclic amines) is 1. The van der Waals surface area contributed by atoms with Crippen molar-refractivity contribution in [2.45, 2.75) is 19.8 Å². The van der Waals surface area contributed by atoms with Crippen LogP contribution in [0.1, 0.15) is 19.8 Å². The number of halogens is 1. The molecular weight excluding hydrogens is 357 g/mol. The Kier molecular flexibility index (Phi) is 6.12. The van der Waals surface area contributed by atoms with Crippen molar-refractivity contribution in [3.63, 3.8) is 0 Å². The van der Waals surface area contributed by atoms with Crippen LogP contribution in [0.25, 0.3) is 0 Å². The standard InChI is InChI=1S/C14H18FN3O6S/c1-2-23-14(20)18-5-3-10(4-6-18)13(19)17-11-7-12(9-16-8-11)24-25(15,21)22/h7-10H,2-6H2,1H3,(H,17,19). The van der Waals surface area contributed by atoms with E-state index in [4.69, 9.17) is 4.74 Å². The molecule has 2 heterocycles. The zero-order valence-electron chi connectivity index (χ0n) is 13.5. The fourth-order valence-corrected chi connectivity index (χ4v) is 2.75. The zero-order chi connectivity index (χ0) is 18.4. The third-order valence-electron chi connectivity index (χ3n) is 3.57. The molecule has 0 saturated carbocycles. The van der Waals surface area contributed by atoms with Gasteiger partial charge in [-0.25, -0.2) is 4.79 Å². The summed E-state index contributed by atoms with van der Waals surface area (Å²) in [4.78, 5) is 29.1. The number of pyridine rings is 1. The van der Waals surface area contributed by atoms with Crippen molar-refractivity contribution < 1.29 is 30.8 Å². The largest absolute Gasteiger partial charge is 0.488 e. The minimum absolute atomic E-state index is 0.180. The molecule has 9 nitrogen and oxygen atoms in total. The highest BCUT2D eigenvalue weighted by Gasteiger charge is 2.28. The summed E-state index contributed by atoms with van der Waals surface area (Å²) in [5, 5.41) is 2.57. The molecule has 11 heteroatoms. The van der Waals surface area contributed by atoms with Crippen LogP contribution >= 0.6 is 0 Å². The molecule has 1 aromatic heterocycles. The van der Waals surface area contributed by atoms with Gasteiger partial charge in [0, 0.05) is 25.1 Å². The number of carbonyl (C=O) groups is 2. The van der Waals surface area contributed by atoms with E-state index in [1.165, 1.54) is 11.1 Å². The lowest BCUT2D eigenvalue weighted by Gasteiger charge is -2.30. The maximum absolute atomic E-state index is 12.5. The molecule has 138 valence electrons. The van der Waals surface area contributed by atoms with Gasteiger partial charge in [0.05, 0.1) is 24.7 Å². The van der Waals surface area contributed by atoms with Crippen molar-refractivity contribution in [3.05, 3.63) is 18.5 Å². The average Bonchev–Trinajstić information content (AvgIpc) is 2.54. The van der Waals surface area contributed by atoms with Crippen molar-refractivity contribution in [2.75, 3.05) is 25.0 Å². The number of nitrogens with one attached hydrogen (secondary N) is 1. The Balaban J connectivity index is 1.91. The van der Waals surface area contributed by atoms with Gasteiger partial charge in [-0.15, -0.1) is 0 Å². The second kappa shape index (κ2) is 8.10. The van der Waals surface area contributed by atoms with E-state index in [0.29, 0.717) is 32.5 Å². The van der Waals surface area contributed by atoms with Gasteiger partial charge in [-0.05, 0) is 19.8 Å². The molecule has 0 atom stereocenters. The lowest BCUT2D eigenvalue weighted by molar-refractivity contribution is -0.121. The fraction of sp³-hybridized carbons (Fsp3) is 0.500. The molecule has 0 spiro atoms. The van der Waals surface area contributed by atoms with Gasteiger partial charge in [-0.3, -0.25) is 9.78 Å². The predicted molar refractivity (Wildman–Crippen MR) is 84.8 cm³/mol. The van der Waals surface area contributed by atoms with Gasteiger partial charge in [0.25, 0.3) is 0 Å². The van der Waals surface area contributed by atoms with Gasteiger partial charge < -0.3 is 19.1 Å². The minimum atomic E-state index is -5.16. The maximum Gasteiger partial charge on any atom is 0.488 e. The van der Waals surface area contributed by atoms with Crippen LogP contribution in [0.4, 0.5) is 14.4 Å². The second-order valence-corrected chi connectivity index (χ2v) is 6.29. The highest BCUT2D eigenvalue weighted by molar-refractivity contribution is 7.81. The first-order valence-corrected chi connectivity index (χ1v) is 8.91. The maximum atomic E-state index is 12.5. The molecule has 0 aromatic carbocycles. The number of hydrogen-bond acceptors (Lipinski definition) is 7. The van der Waals surface area contributed by atoms with Crippen LogP contribution < -0.4 is 9.50 Å². The fourth-order valence-electron chi connectivity index (χ4n) is 2.43. The Morgan fingerprint density at radius 2 is 2.04 bits per heavy atom. The molecule has 2 amide bonds. The number of aromatic nitrogens is 1. The molecule has 1 fully saturated rings. The summed E-state index contributed by atoms with van der Waals surface area (Å²) in [5.74, 6) is -0.969. The quantitative estimate of drug-likeness (QED) is 0.775. The molecule has 0 radical (unpaired) electrons. The Morgan fingerprint density at radius 3 is 2.64 bits per heavy atom. The smallest absolute Gasteiger partial charge is 0.450 e. The minimum Gasteiger partial charge on any atom is -0.450 e. The van der Waals surface area contributed by atoms with E-state index in [-0.39, 0.29) is 23.3 Å². The van der Waals surface area contributed by atoms with E-state index in [0.717, 1.165) is 12.3 Å². The Morgan fingerprint density at radius 1 is 1.36 bits per heavy atom. The van der Waals surface area contributed by atoms with Crippen LogP contribution in [-0.2, 0) is 20.0 Å². The summed E-state index contributed by atoms with van der Waals surface area (Å²) in [6, 6.07) is 1.15. The number of hydrogen-bond donors (Lipinski definition) is 1. The van der Waals surface area contributed by atoms with Crippen molar-refractivity contribution >= 4 is 28.2 Å². The number of amides is 2. The Bertz CT molecular complexity index is 734. The van der Waals surface area contributed by atoms with Crippen LogP contribution in [0, 0.1) is 5.92 Å². The van der Waals surface area contributed by atoms with Crippen LogP contribution in [0.15, 0.2) is 18.5 Å². The highest BCUT2D eigenvalue weighted by atomic mass is 32.3. The van der Waals surface area contributed by atoms with Gasteiger partial charge in [-0.1, -0.05) is 3.89 Å². The van der Waals surface area contributed by atoms with Crippen molar-refractivity contribution in [3.8, 4) is 5.75 Å². The SMILES string of the molecule is CCOC(=O)N1CCC(C(=O)Nc2cncc(OS(=O)(=O)F)c2)CC1. The molecule has 1 aliphatic rings. The average molecular weight is 375 g/mol. The van der Waals surface area contributed by atoms with E-state index in [9.17, 15) is 21.9 Å². The van der Waals surface area contributed by atoms with Crippen LogP contribution in [0.5, 0.6) is 5.75 Å². The third-order valence-corrected chi connectivity index (χ3v) is 3.96. The lowest BCUT2D eigenvalue weighted by Crippen LogP contribution is -2.41. The monoisotopic (exact) mass is 375 g/mol. The molecule has 1 N–H and O–H groups in total. The van der Waals surface area contributed by atoms with E-state index in [1.54, 1.807) is 6.92 Å². The topological polar surface area (TPSA) is 115 Å². The van der Waals surface area contributed by atoms with Crippen LogP contribution in [-0.4, -0.2) is 50.0 Å². The van der Waals surface area contributed by atoms with Gasteiger partial charge in [0.2, 0.25) is 5.91 Å². The lowest BCUT2D eigenvalue weighted by atomic mass is 9.96. The first kappa shape index (κ1) is 18.9. The first-order valence-electron chi connectivity index (χ1n) is 7.60. The number of anilines is 1. The van der Waals surface area contributed by atoms with Gasteiger partial charge in [0.1, 0.15) is 0 Å². The molecule has 1 saturated heterocycles. The Labute approximate surface area is 144 Å². The summed E-state index contributed by atoms with van der Waals surface area (Å²) >= 11 is 0. The number of nitrogens with zero attached hydrogens (tertiary/aromatic N) is 2. The number of rotatable bonds is 5. The molecule has 0 bridgehead atoms. The molecule has 1 aliphatic heterocycles. The number of carbonyl (C=O) groups excluding carboxylic acids is 2. The molecule has 0 aliphatic carbocycles. The van der Waals surface area contributed by atoms with Crippen LogP contribution in [0.3, 0.4) is 0 Å². The van der Waals surface area contributed by atoms with E-state index in [2.05, 4.69) is 14.5 Å². The third kappa shape index (κ3) is 5.85. The summed E-state index contributed by atoms with van der Waals surface area (Å²) in [6.45, 7) is 2.81. The summed E-state index contributed by atoms with van der Waals surface area (Å²) in [6.07, 6.45) is 2.82. The van der Waals surface area contributed by atoms with Gasteiger partial charge in [-0.2, -0.15) is 8.42 Å². The molecular formula is C14H18FN3O6S. The summed E-state index contributed by atoms with van der Waals surface area (Å²) in [7, 11) is -5.16. The van der Waals surface area contributed by atoms with Gasteiger partial charge >= 0.3 is 16.6 Å². The molecule has 1 aromatic rings. The summed E-state index contributed by atoms with van der Waals surface area (Å²) in [5.41, 5.74) is 0.180. The van der Waals surface area contributed by atoms with Crippen molar-refractivity contribution in [2.24, 2.45) is 5.92 Å². The Hall–Kier alpha value is -2.43. The normalized spacial score (nSPS) is 15.5. The van der Waals surface area contributed by atoms with E-state index in [1.807, 2.05) is 0 Å². The van der Waals surface area contributed by atoms with Gasteiger partial charge in [0.15, 0.2) is 5.75 Å². The second-order valence-electron chi connectivity index (χ2n) is 5.34. The number of piperidine rings is 1.